The monoisotopic (exact) mass is 218 g/mol. The number of fused-ring (bicyclic) bond motifs is 5. The van der Waals surface area contributed by atoms with Crippen LogP contribution in [-0.2, 0) is 14.9 Å². The summed E-state index contributed by atoms with van der Waals surface area (Å²) < 4.78 is 10.6. The van der Waals surface area contributed by atoms with Crippen molar-refractivity contribution in [1.29, 1.82) is 0 Å². The van der Waals surface area contributed by atoms with E-state index < -0.39 is 0 Å². The lowest BCUT2D eigenvalue weighted by Crippen LogP contribution is -2.28. The maximum atomic E-state index is 11.5. The number of hydrogen-bond donors (Lipinski definition) is 0. The van der Waals surface area contributed by atoms with E-state index in [0.717, 1.165) is 17.7 Å². The minimum absolute atomic E-state index is 0.0489. The molecule has 1 aromatic rings. The van der Waals surface area contributed by atoms with E-state index in [1.165, 1.54) is 5.56 Å². The largest absolute Gasteiger partial charge is 0.497 e. The van der Waals surface area contributed by atoms with E-state index in [1.807, 2.05) is 18.2 Å². The molecule has 3 nitrogen and oxygen atoms in total. The Morgan fingerprint density at radius 2 is 2.31 bits per heavy atom. The average molecular weight is 218 g/mol. The lowest BCUT2D eigenvalue weighted by Gasteiger charge is -2.28. The first-order valence-corrected chi connectivity index (χ1v) is 5.50. The molecule has 3 rings (SSSR count). The third kappa shape index (κ3) is 1.17. The Morgan fingerprint density at radius 3 is 3.06 bits per heavy atom. The minimum atomic E-state index is -0.0890. The van der Waals surface area contributed by atoms with Crippen LogP contribution < -0.4 is 4.74 Å². The van der Waals surface area contributed by atoms with E-state index >= 15 is 0 Å². The van der Waals surface area contributed by atoms with Crippen LogP contribution in [0.15, 0.2) is 18.2 Å². The Kier molecular flexibility index (Phi) is 1.82. The number of carbonyl (C=O) groups is 1. The fourth-order valence-electron chi connectivity index (χ4n) is 2.89. The van der Waals surface area contributed by atoms with Crippen LogP contribution in [0.3, 0.4) is 0 Å². The van der Waals surface area contributed by atoms with Crippen LogP contribution in [0.25, 0.3) is 0 Å². The van der Waals surface area contributed by atoms with Crippen molar-refractivity contribution in [2.24, 2.45) is 0 Å². The predicted octanol–water partition coefficient (Wildman–Crippen LogP) is 2.34. The maximum absolute atomic E-state index is 11.5. The normalized spacial score (nSPS) is 30.9. The first-order valence-electron chi connectivity index (χ1n) is 5.50. The van der Waals surface area contributed by atoms with E-state index in [1.54, 1.807) is 7.11 Å². The molecule has 1 fully saturated rings. The highest BCUT2D eigenvalue weighted by Gasteiger charge is 2.47. The fraction of sp³-hybridized carbons (Fsp3) is 0.462. The smallest absolute Gasteiger partial charge is 0.307 e. The first-order chi connectivity index (χ1) is 7.62. The standard InChI is InChI=1S/C13H14O3/c1-13-6-11(16-12(14)7-13)9-4-3-8(15-2)5-10(9)13/h3-5,11H,6-7H2,1-2H3/t11-,13-/m1/s1. The van der Waals surface area contributed by atoms with Crippen molar-refractivity contribution in [2.75, 3.05) is 7.11 Å². The van der Waals surface area contributed by atoms with Crippen molar-refractivity contribution in [3.05, 3.63) is 29.3 Å². The minimum Gasteiger partial charge on any atom is -0.497 e. The van der Waals surface area contributed by atoms with Gasteiger partial charge in [0.15, 0.2) is 0 Å². The first kappa shape index (κ1) is 9.70. The Bertz CT molecular complexity index is 466. The van der Waals surface area contributed by atoms with E-state index in [9.17, 15) is 4.79 Å². The summed E-state index contributed by atoms with van der Waals surface area (Å²) in [4.78, 5) is 11.5. The predicted molar refractivity (Wildman–Crippen MR) is 58.4 cm³/mol. The van der Waals surface area contributed by atoms with Crippen LogP contribution >= 0.6 is 0 Å². The summed E-state index contributed by atoms with van der Waals surface area (Å²) in [5.74, 6) is 0.758. The Hall–Kier alpha value is -1.51. The summed E-state index contributed by atoms with van der Waals surface area (Å²) in [6, 6.07) is 5.98. The molecule has 0 N–H and O–H groups in total. The van der Waals surface area contributed by atoms with Gasteiger partial charge in [0.1, 0.15) is 11.9 Å². The van der Waals surface area contributed by atoms with E-state index in [0.29, 0.717) is 6.42 Å². The second-order valence-corrected chi connectivity index (χ2v) is 4.87. The quantitative estimate of drug-likeness (QED) is 0.679. The van der Waals surface area contributed by atoms with Crippen LogP contribution in [-0.4, -0.2) is 13.1 Å². The van der Waals surface area contributed by atoms with Gasteiger partial charge >= 0.3 is 5.97 Å². The number of rotatable bonds is 1. The van der Waals surface area contributed by atoms with Gasteiger partial charge in [0.25, 0.3) is 0 Å². The van der Waals surface area contributed by atoms with E-state index in [2.05, 4.69) is 6.92 Å². The molecule has 0 saturated carbocycles. The molecule has 84 valence electrons. The van der Waals surface area contributed by atoms with Gasteiger partial charge in [-0.25, -0.2) is 0 Å². The van der Waals surface area contributed by atoms with Crippen molar-refractivity contribution < 1.29 is 14.3 Å². The second kappa shape index (κ2) is 3.00. The van der Waals surface area contributed by atoms with Gasteiger partial charge < -0.3 is 9.47 Å². The zero-order chi connectivity index (χ0) is 11.3. The molecule has 16 heavy (non-hydrogen) atoms. The van der Waals surface area contributed by atoms with Gasteiger partial charge in [0.05, 0.1) is 13.5 Å². The highest BCUT2D eigenvalue weighted by molar-refractivity contribution is 5.75. The molecule has 1 aromatic carbocycles. The number of hydrogen-bond acceptors (Lipinski definition) is 3. The number of esters is 1. The van der Waals surface area contributed by atoms with Crippen LogP contribution in [0, 0.1) is 0 Å². The lowest BCUT2D eigenvalue weighted by molar-refractivity contribution is -0.156. The summed E-state index contributed by atoms with van der Waals surface area (Å²) >= 11 is 0. The lowest BCUT2D eigenvalue weighted by atomic mass is 9.80. The molecule has 1 saturated heterocycles. The van der Waals surface area contributed by atoms with Gasteiger partial charge in [-0.15, -0.1) is 0 Å². The third-order valence-corrected chi connectivity index (χ3v) is 3.70. The SMILES string of the molecule is COc1ccc2c(c1)[C@@]1(C)CC(=O)O[C@@H]2C1. The molecule has 2 atom stereocenters. The molecular formula is C13H14O3. The highest BCUT2D eigenvalue weighted by Crippen LogP contribution is 2.52. The van der Waals surface area contributed by atoms with Crippen LogP contribution in [0.1, 0.15) is 37.0 Å². The van der Waals surface area contributed by atoms with Crippen molar-refractivity contribution in [1.82, 2.24) is 0 Å². The summed E-state index contributed by atoms with van der Waals surface area (Å²) in [6.45, 7) is 2.13. The van der Waals surface area contributed by atoms with Gasteiger partial charge in [-0.2, -0.15) is 0 Å². The fourth-order valence-corrected chi connectivity index (χ4v) is 2.89. The van der Waals surface area contributed by atoms with Gasteiger partial charge in [0, 0.05) is 5.41 Å². The number of carbonyl (C=O) groups excluding carboxylic acids is 1. The average Bonchev–Trinajstić information content (AvgIpc) is 2.46. The molecule has 0 amide bonds. The molecule has 1 aliphatic heterocycles. The van der Waals surface area contributed by atoms with Crippen molar-refractivity contribution in [2.45, 2.75) is 31.3 Å². The van der Waals surface area contributed by atoms with E-state index in [-0.39, 0.29) is 17.5 Å². The van der Waals surface area contributed by atoms with Crippen molar-refractivity contribution in [3.8, 4) is 5.75 Å². The topological polar surface area (TPSA) is 35.5 Å². The maximum Gasteiger partial charge on any atom is 0.307 e. The van der Waals surface area contributed by atoms with Crippen molar-refractivity contribution in [3.63, 3.8) is 0 Å². The molecule has 2 aliphatic rings. The van der Waals surface area contributed by atoms with Crippen molar-refractivity contribution >= 4 is 5.97 Å². The Balaban J connectivity index is 2.15. The zero-order valence-corrected chi connectivity index (χ0v) is 9.45. The number of ether oxygens (including phenoxy) is 2. The molecular weight excluding hydrogens is 204 g/mol. The number of benzene rings is 1. The van der Waals surface area contributed by atoms with E-state index in [4.69, 9.17) is 9.47 Å². The summed E-state index contributed by atoms with van der Waals surface area (Å²) in [6.07, 6.45) is 1.33. The molecule has 1 heterocycles. The molecule has 0 aromatic heterocycles. The van der Waals surface area contributed by atoms with Gasteiger partial charge in [0.2, 0.25) is 0 Å². The molecule has 0 spiro atoms. The summed E-state index contributed by atoms with van der Waals surface area (Å²) in [5, 5.41) is 0. The van der Waals surface area contributed by atoms with Crippen LogP contribution in [0.4, 0.5) is 0 Å². The highest BCUT2D eigenvalue weighted by atomic mass is 16.5. The second-order valence-electron chi connectivity index (χ2n) is 4.87. The molecule has 1 aliphatic carbocycles. The zero-order valence-electron chi connectivity index (χ0n) is 9.45. The Morgan fingerprint density at radius 1 is 1.50 bits per heavy atom. The number of methoxy groups -OCH3 is 1. The Labute approximate surface area is 94.4 Å². The van der Waals surface area contributed by atoms with Crippen LogP contribution in [0.2, 0.25) is 0 Å². The summed E-state index contributed by atoms with van der Waals surface area (Å²) in [7, 11) is 1.66. The third-order valence-electron chi connectivity index (χ3n) is 3.70. The molecule has 0 unspecified atom stereocenters. The molecule has 3 heteroatoms. The molecule has 2 bridgehead atoms. The molecule has 0 radical (unpaired) electrons. The van der Waals surface area contributed by atoms with Crippen LogP contribution in [0.5, 0.6) is 5.75 Å². The van der Waals surface area contributed by atoms with Gasteiger partial charge in [-0.3, -0.25) is 4.79 Å². The van der Waals surface area contributed by atoms with Gasteiger partial charge in [-0.05, 0) is 29.7 Å². The summed E-state index contributed by atoms with van der Waals surface area (Å²) in [5.41, 5.74) is 2.29. The van der Waals surface area contributed by atoms with Gasteiger partial charge in [-0.1, -0.05) is 13.0 Å².